The molecule has 0 bridgehead atoms. The number of hydrogen-bond donors (Lipinski definition) is 3. The summed E-state index contributed by atoms with van der Waals surface area (Å²) in [6.45, 7) is 3.25. The molecule has 1 atom stereocenters. The second kappa shape index (κ2) is 7.19. The smallest absolute Gasteiger partial charge is 0.254 e. The lowest BCUT2D eigenvalue weighted by molar-refractivity contribution is -0.128. The number of rotatable bonds is 3. The SMILES string of the molecule is Cc1ccc(NC(=O)C2CNCCO2)cc1S(N)(=O)=O.Cl. The van der Waals surface area contributed by atoms with Gasteiger partial charge in [0.1, 0.15) is 6.10 Å². The van der Waals surface area contributed by atoms with E-state index >= 15 is 0 Å². The zero-order valence-corrected chi connectivity index (χ0v) is 13.1. The maximum absolute atomic E-state index is 12.0. The lowest BCUT2D eigenvalue weighted by Crippen LogP contribution is -2.45. The fraction of sp³-hybridized carbons (Fsp3) is 0.417. The molecule has 21 heavy (non-hydrogen) atoms. The van der Waals surface area contributed by atoms with Crippen LogP contribution >= 0.6 is 12.4 Å². The molecule has 0 radical (unpaired) electrons. The van der Waals surface area contributed by atoms with E-state index in [2.05, 4.69) is 10.6 Å². The first-order valence-electron chi connectivity index (χ1n) is 6.14. The third kappa shape index (κ3) is 4.65. The van der Waals surface area contributed by atoms with Crippen LogP contribution in [-0.2, 0) is 19.6 Å². The van der Waals surface area contributed by atoms with Gasteiger partial charge in [0.15, 0.2) is 0 Å². The second-order valence-electron chi connectivity index (χ2n) is 4.58. The standard InChI is InChI=1S/C12H17N3O4S.ClH/c1-8-2-3-9(6-11(8)20(13,17)18)15-12(16)10-7-14-4-5-19-10;/h2-3,6,10,14H,4-5,7H2,1H3,(H,15,16)(H2,13,17,18);1H. The van der Waals surface area contributed by atoms with Crippen molar-refractivity contribution in [3.63, 3.8) is 0 Å². The van der Waals surface area contributed by atoms with E-state index < -0.39 is 16.1 Å². The van der Waals surface area contributed by atoms with Crippen molar-refractivity contribution in [2.45, 2.75) is 17.9 Å². The summed E-state index contributed by atoms with van der Waals surface area (Å²) in [5.41, 5.74) is 0.903. The van der Waals surface area contributed by atoms with Gasteiger partial charge in [-0.25, -0.2) is 13.6 Å². The van der Waals surface area contributed by atoms with Crippen LogP contribution < -0.4 is 15.8 Å². The number of hydrogen-bond acceptors (Lipinski definition) is 5. The Bertz CT molecular complexity index is 615. The molecule has 2 rings (SSSR count). The van der Waals surface area contributed by atoms with Gasteiger partial charge in [-0.1, -0.05) is 6.07 Å². The molecular weight excluding hydrogens is 318 g/mol. The van der Waals surface area contributed by atoms with Crippen molar-refractivity contribution in [1.29, 1.82) is 0 Å². The molecule has 0 saturated carbocycles. The summed E-state index contributed by atoms with van der Waals surface area (Å²) in [6.07, 6.45) is -0.581. The Hall–Kier alpha value is -1.19. The maximum atomic E-state index is 12.0. The van der Waals surface area contributed by atoms with Crippen molar-refractivity contribution < 1.29 is 17.9 Å². The van der Waals surface area contributed by atoms with Gasteiger partial charge < -0.3 is 15.4 Å². The quantitative estimate of drug-likeness (QED) is 0.719. The van der Waals surface area contributed by atoms with Crippen LogP contribution in [0, 0.1) is 6.92 Å². The highest BCUT2D eigenvalue weighted by Crippen LogP contribution is 2.19. The Morgan fingerprint density at radius 1 is 1.48 bits per heavy atom. The van der Waals surface area contributed by atoms with Crippen LogP contribution in [0.2, 0.25) is 0 Å². The number of ether oxygens (including phenoxy) is 1. The number of carbonyl (C=O) groups excluding carboxylic acids is 1. The molecule has 1 aliphatic heterocycles. The van der Waals surface area contributed by atoms with Crippen LogP contribution in [0.25, 0.3) is 0 Å². The highest BCUT2D eigenvalue weighted by molar-refractivity contribution is 7.89. The van der Waals surface area contributed by atoms with E-state index in [4.69, 9.17) is 9.88 Å². The van der Waals surface area contributed by atoms with Gasteiger partial charge in [-0.3, -0.25) is 4.79 Å². The minimum absolute atomic E-state index is 0. The maximum Gasteiger partial charge on any atom is 0.254 e. The van der Waals surface area contributed by atoms with E-state index in [0.717, 1.165) is 0 Å². The van der Waals surface area contributed by atoms with Crippen molar-refractivity contribution in [3.05, 3.63) is 23.8 Å². The molecule has 1 aromatic carbocycles. The Balaban J connectivity index is 0.00000220. The van der Waals surface area contributed by atoms with Gasteiger partial charge >= 0.3 is 0 Å². The summed E-state index contributed by atoms with van der Waals surface area (Å²) in [4.78, 5) is 12.0. The van der Waals surface area contributed by atoms with E-state index in [0.29, 0.717) is 30.9 Å². The molecule has 1 aliphatic rings. The molecule has 1 heterocycles. The number of amides is 1. The number of benzene rings is 1. The first kappa shape index (κ1) is 17.9. The van der Waals surface area contributed by atoms with Crippen LogP contribution in [0.5, 0.6) is 0 Å². The number of halogens is 1. The molecule has 118 valence electrons. The Labute approximate surface area is 129 Å². The Morgan fingerprint density at radius 2 is 2.19 bits per heavy atom. The molecule has 1 saturated heterocycles. The van der Waals surface area contributed by atoms with Crippen LogP contribution in [0.4, 0.5) is 5.69 Å². The van der Waals surface area contributed by atoms with Crippen LogP contribution in [-0.4, -0.2) is 40.1 Å². The highest BCUT2D eigenvalue weighted by atomic mass is 35.5. The zero-order valence-electron chi connectivity index (χ0n) is 11.5. The third-order valence-corrected chi connectivity index (χ3v) is 4.04. The average Bonchev–Trinajstić information content (AvgIpc) is 2.40. The Morgan fingerprint density at radius 3 is 2.76 bits per heavy atom. The van der Waals surface area contributed by atoms with Crippen molar-refractivity contribution in [2.24, 2.45) is 5.14 Å². The first-order valence-corrected chi connectivity index (χ1v) is 7.69. The number of morpholine rings is 1. The number of sulfonamides is 1. The molecule has 0 spiro atoms. The molecule has 9 heteroatoms. The van der Waals surface area contributed by atoms with E-state index in [1.807, 2.05) is 0 Å². The molecule has 1 amide bonds. The summed E-state index contributed by atoms with van der Waals surface area (Å²) < 4.78 is 28.2. The van der Waals surface area contributed by atoms with Crippen LogP contribution in [0.1, 0.15) is 5.56 Å². The zero-order chi connectivity index (χ0) is 14.8. The van der Waals surface area contributed by atoms with Crippen LogP contribution in [0.3, 0.4) is 0 Å². The minimum atomic E-state index is -3.81. The van der Waals surface area contributed by atoms with E-state index in [1.165, 1.54) is 6.07 Å². The number of aryl methyl sites for hydroxylation is 1. The predicted octanol–water partition coefficient (Wildman–Crippen LogP) is -0.00888. The van der Waals surface area contributed by atoms with E-state index in [1.54, 1.807) is 19.1 Å². The largest absolute Gasteiger partial charge is 0.366 e. The van der Waals surface area contributed by atoms with Gasteiger partial charge in [-0.2, -0.15) is 0 Å². The Kier molecular flexibility index (Phi) is 6.11. The second-order valence-corrected chi connectivity index (χ2v) is 6.11. The number of anilines is 1. The molecule has 4 N–H and O–H groups in total. The summed E-state index contributed by atoms with van der Waals surface area (Å²) >= 11 is 0. The van der Waals surface area contributed by atoms with Gasteiger partial charge in [-0.15, -0.1) is 12.4 Å². The van der Waals surface area contributed by atoms with Crippen LogP contribution in [0.15, 0.2) is 23.1 Å². The van der Waals surface area contributed by atoms with Crippen molar-refractivity contribution in [2.75, 3.05) is 25.0 Å². The number of carbonyl (C=O) groups is 1. The summed E-state index contributed by atoms with van der Waals surface area (Å²) in [5.74, 6) is -0.318. The molecule has 1 fully saturated rings. The van der Waals surface area contributed by atoms with Gasteiger partial charge in [0.25, 0.3) is 5.91 Å². The third-order valence-electron chi connectivity index (χ3n) is 2.98. The fourth-order valence-electron chi connectivity index (χ4n) is 1.94. The van der Waals surface area contributed by atoms with Crippen molar-refractivity contribution in [3.8, 4) is 0 Å². The molecule has 7 nitrogen and oxygen atoms in total. The number of nitrogens with one attached hydrogen (secondary N) is 2. The molecule has 1 aromatic rings. The van der Waals surface area contributed by atoms with Crippen molar-refractivity contribution in [1.82, 2.24) is 5.32 Å². The van der Waals surface area contributed by atoms with E-state index in [9.17, 15) is 13.2 Å². The molecule has 0 aromatic heterocycles. The molecular formula is C12H18ClN3O4S. The fourth-order valence-corrected chi connectivity index (χ4v) is 2.75. The topological polar surface area (TPSA) is 111 Å². The average molecular weight is 336 g/mol. The summed E-state index contributed by atoms with van der Waals surface area (Å²) in [7, 11) is -3.81. The lowest BCUT2D eigenvalue weighted by atomic mass is 10.2. The van der Waals surface area contributed by atoms with Gasteiger partial charge in [-0.05, 0) is 24.6 Å². The first-order chi connectivity index (χ1) is 9.38. The number of nitrogens with two attached hydrogens (primary N) is 1. The molecule has 0 aliphatic carbocycles. The van der Waals surface area contributed by atoms with Gasteiger partial charge in [0, 0.05) is 18.8 Å². The summed E-state index contributed by atoms with van der Waals surface area (Å²) in [6, 6.07) is 4.56. The minimum Gasteiger partial charge on any atom is -0.366 e. The van der Waals surface area contributed by atoms with Crippen molar-refractivity contribution >= 4 is 34.0 Å². The monoisotopic (exact) mass is 335 g/mol. The number of primary sulfonamides is 1. The predicted molar refractivity (Wildman–Crippen MR) is 81.0 cm³/mol. The van der Waals surface area contributed by atoms with Gasteiger partial charge in [0.2, 0.25) is 10.0 Å². The van der Waals surface area contributed by atoms with E-state index in [-0.39, 0.29) is 23.2 Å². The lowest BCUT2D eigenvalue weighted by Gasteiger charge is -2.22. The normalized spacial score (nSPS) is 18.7. The van der Waals surface area contributed by atoms with Gasteiger partial charge in [0.05, 0.1) is 11.5 Å². The highest BCUT2D eigenvalue weighted by Gasteiger charge is 2.22. The summed E-state index contributed by atoms with van der Waals surface area (Å²) in [5, 5.41) is 10.8. The molecule has 1 unspecified atom stereocenters.